The maximum atomic E-state index is 13.7. The Morgan fingerprint density at radius 3 is 2.80 bits per heavy atom. The SMILES string of the molecule is COCCN1CCn2nc(Nc3cc(-c4ccnc(-n5cnn6c7c(cc6c5=O)CCCC7)c4CO)cn(C)c3=O)cc2C1. The van der Waals surface area contributed by atoms with Crippen LogP contribution in [0.4, 0.5) is 11.5 Å². The number of aromatic nitrogens is 7. The zero-order valence-corrected chi connectivity index (χ0v) is 24.9. The molecule has 0 saturated heterocycles. The summed E-state index contributed by atoms with van der Waals surface area (Å²) >= 11 is 0. The van der Waals surface area contributed by atoms with Gasteiger partial charge >= 0.3 is 0 Å². The normalized spacial score (nSPS) is 15.0. The summed E-state index contributed by atoms with van der Waals surface area (Å²) in [5.74, 6) is 0.883. The molecule has 1 aliphatic heterocycles. The molecule has 2 N–H and O–H groups in total. The summed E-state index contributed by atoms with van der Waals surface area (Å²) in [6.45, 7) is 3.53. The molecule has 0 atom stereocenters. The third-order valence-electron chi connectivity index (χ3n) is 8.66. The van der Waals surface area contributed by atoms with Gasteiger partial charge in [0.2, 0.25) is 0 Å². The van der Waals surface area contributed by atoms with Gasteiger partial charge in [-0.3, -0.25) is 19.2 Å². The highest BCUT2D eigenvalue weighted by atomic mass is 16.5. The smallest absolute Gasteiger partial charge is 0.283 e. The van der Waals surface area contributed by atoms with E-state index in [9.17, 15) is 14.7 Å². The van der Waals surface area contributed by atoms with Crippen LogP contribution in [0.1, 0.15) is 35.4 Å². The highest BCUT2D eigenvalue weighted by Gasteiger charge is 2.22. The van der Waals surface area contributed by atoms with Crippen molar-refractivity contribution in [3.8, 4) is 16.9 Å². The largest absolute Gasteiger partial charge is 0.392 e. The van der Waals surface area contributed by atoms with Crippen LogP contribution in [0.2, 0.25) is 0 Å². The lowest BCUT2D eigenvalue weighted by atomic mass is 9.98. The minimum absolute atomic E-state index is 0.218. The van der Waals surface area contributed by atoms with Crippen LogP contribution in [0.15, 0.2) is 52.6 Å². The number of hydrogen-bond acceptors (Lipinski definition) is 9. The molecular weight excluding hydrogens is 562 g/mol. The zero-order chi connectivity index (χ0) is 30.4. The number of fused-ring (bicyclic) bond motifs is 4. The van der Waals surface area contributed by atoms with Crippen molar-refractivity contribution in [1.29, 1.82) is 0 Å². The van der Waals surface area contributed by atoms with Crippen molar-refractivity contribution < 1.29 is 9.84 Å². The average Bonchev–Trinajstić information content (AvgIpc) is 3.63. The van der Waals surface area contributed by atoms with Gasteiger partial charge in [0, 0.05) is 69.1 Å². The number of pyridine rings is 2. The Kier molecular flexibility index (Phi) is 7.36. The maximum absolute atomic E-state index is 13.7. The van der Waals surface area contributed by atoms with Crippen LogP contribution >= 0.6 is 0 Å². The highest BCUT2D eigenvalue weighted by molar-refractivity contribution is 5.73. The van der Waals surface area contributed by atoms with Crippen LogP contribution in [0.3, 0.4) is 0 Å². The van der Waals surface area contributed by atoms with Gasteiger partial charge in [-0.2, -0.15) is 10.2 Å². The summed E-state index contributed by atoms with van der Waals surface area (Å²) in [7, 11) is 3.38. The average molecular weight is 598 g/mol. The molecule has 13 heteroatoms. The second kappa shape index (κ2) is 11.5. The topological polar surface area (TPSA) is 137 Å². The van der Waals surface area contributed by atoms with Gasteiger partial charge in [-0.15, -0.1) is 0 Å². The van der Waals surface area contributed by atoms with Crippen LogP contribution < -0.4 is 16.4 Å². The van der Waals surface area contributed by atoms with Crippen molar-refractivity contribution in [3.05, 3.63) is 86.2 Å². The van der Waals surface area contributed by atoms with Crippen molar-refractivity contribution in [2.24, 2.45) is 7.05 Å². The fourth-order valence-corrected chi connectivity index (χ4v) is 6.39. The van der Waals surface area contributed by atoms with E-state index in [0.29, 0.717) is 46.1 Å². The zero-order valence-electron chi connectivity index (χ0n) is 24.9. The molecule has 228 valence electrons. The Labute approximate surface area is 253 Å². The molecule has 5 aromatic heterocycles. The van der Waals surface area contributed by atoms with Gasteiger partial charge in [0.25, 0.3) is 11.1 Å². The van der Waals surface area contributed by atoms with E-state index in [-0.39, 0.29) is 17.7 Å². The number of nitrogens with zero attached hydrogens (tertiary/aromatic N) is 8. The molecule has 13 nitrogen and oxygen atoms in total. The van der Waals surface area contributed by atoms with Crippen molar-refractivity contribution in [2.75, 3.05) is 32.1 Å². The van der Waals surface area contributed by atoms with E-state index >= 15 is 0 Å². The summed E-state index contributed by atoms with van der Waals surface area (Å²) in [4.78, 5) is 33.7. The number of rotatable bonds is 8. The van der Waals surface area contributed by atoms with E-state index in [1.54, 1.807) is 43.2 Å². The first-order chi connectivity index (χ1) is 21.4. The van der Waals surface area contributed by atoms with E-state index < -0.39 is 0 Å². The van der Waals surface area contributed by atoms with Crippen LogP contribution in [0, 0.1) is 0 Å². The summed E-state index contributed by atoms with van der Waals surface area (Å²) in [5, 5.41) is 23.1. The summed E-state index contributed by atoms with van der Waals surface area (Å²) in [5.41, 5.74) is 5.46. The van der Waals surface area contributed by atoms with Crippen molar-refractivity contribution in [1.82, 2.24) is 38.4 Å². The molecule has 0 bridgehead atoms. The van der Waals surface area contributed by atoms with Gasteiger partial charge in [-0.25, -0.2) is 14.1 Å². The van der Waals surface area contributed by atoms with E-state index in [4.69, 9.17) is 4.74 Å². The van der Waals surface area contributed by atoms with Crippen molar-refractivity contribution in [3.63, 3.8) is 0 Å². The van der Waals surface area contributed by atoms with Gasteiger partial charge in [0.1, 0.15) is 23.3 Å². The lowest BCUT2D eigenvalue weighted by molar-refractivity contribution is 0.129. The Hall–Kier alpha value is -4.59. The fourth-order valence-electron chi connectivity index (χ4n) is 6.39. The van der Waals surface area contributed by atoms with Crippen LogP contribution in [0.25, 0.3) is 22.5 Å². The summed E-state index contributed by atoms with van der Waals surface area (Å²) in [6, 6.07) is 7.41. The third kappa shape index (κ3) is 4.92. The molecule has 0 amide bonds. The molecule has 44 heavy (non-hydrogen) atoms. The molecular formula is C31H35N9O4. The molecule has 5 aromatic rings. The minimum Gasteiger partial charge on any atom is -0.392 e. The third-order valence-corrected chi connectivity index (χ3v) is 8.66. The van der Waals surface area contributed by atoms with Crippen molar-refractivity contribution >= 4 is 17.0 Å². The first-order valence-electron chi connectivity index (χ1n) is 14.9. The number of anilines is 2. The molecule has 0 radical (unpaired) electrons. The van der Waals surface area contributed by atoms with Gasteiger partial charge in [0.15, 0.2) is 5.82 Å². The van der Waals surface area contributed by atoms with E-state index in [0.717, 1.165) is 68.8 Å². The first-order valence-corrected chi connectivity index (χ1v) is 14.9. The second-order valence-electron chi connectivity index (χ2n) is 11.4. The number of aliphatic hydroxyl groups excluding tert-OH is 1. The van der Waals surface area contributed by atoms with Gasteiger partial charge in [0.05, 0.1) is 25.5 Å². The highest BCUT2D eigenvalue weighted by Crippen LogP contribution is 2.29. The Morgan fingerprint density at radius 2 is 1.95 bits per heavy atom. The molecule has 2 aliphatic rings. The van der Waals surface area contributed by atoms with Crippen LogP contribution in [0.5, 0.6) is 0 Å². The number of hydrogen-bond donors (Lipinski definition) is 2. The number of nitrogens with one attached hydrogen (secondary N) is 1. The Balaban J connectivity index is 1.24. The van der Waals surface area contributed by atoms with Gasteiger partial charge in [-0.1, -0.05) is 0 Å². The summed E-state index contributed by atoms with van der Waals surface area (Å²) in [6.07, 6.45) is 8.79. The number of ether oxygens (including phenoxy) is 1. The predicted molar refractivity (Wildman–Crippen MR) is 164 cm³/mol. The molecule has 0 unspecified atom stereocenters. The lowest BCUT2D eigenvalue weighted by Gasteiger charge is -2.26. The number of aryl methyl sites for hydroxylation is 3. The molecule has 0 spiro atoms. The van der Waals surface area contributed by atoms with Gasteiger partial charge in [-0.05, 0) is 55.0 Å². The molecule has 0 aromatic carbocycles. The second-order valence-corrected chi connectivity index (χ2v) is 11.4. The Morgan fingerprint density at radius 1 is 1.09 bits per heavy atom. The maximum Gasteiger partial charge on any atom is 0.283 e. The standard InChI is InChI=1S/C31H35N9O4/c1-36-16-21(13-25(30(36)42)34-28-15-22-17-37(11-12-44-2)9-10-39(22)35-28)23-7-8-32-29(24(23)18-41)38-19-33-40-26-6-4-3-5-20(26)14-27(40)31(38)43/h7-8,13-16,19,41H,3-6,9-12,17-18H2,1-2H3,(H,34,35). The quantitative estimate of drug-likeness (QED) is 0.275. The molecule has 0 fully saturated rings. The Bertz CT molecular complexity index is 1990. The lowest BCUT2D eigenvalue weighted by Crippen LogP contribution is -2.35. The molecule has 1 aliphatic carbocycles. The van der Waals surface area contributed by atoms with Crippen LogP contribution in [-0.2, 0) is 44.3 Å². The van der Waals surface area contributed by atoms with E-state index in [1.807, 2.05) is 16.8 Å². The van der Waals surface area contributed by atoms with Gasteiger partial charge < -0.3 is 19.7 Å². The van der Waals surface area contributed by atoms with Crippen LogP contribution in [-0.4, -0.2) is 70.3 Å². The fraction of sp³-hybridized carbons (Fsp3) is 0.387. The predicted octanol–water partition coefficient (Wildman–Crippen LogP) is 2.02. The molecule has 7 rings (SSSR count). The summed E-state index contributed by atoms with van der Waals surface area (Å²) < 4.78 is 11.8. The van der Waals surface area contributed by atoms with E-state index in [2.05, 4.69) is 25.4 Å². The molecule has 6 heterocycles. The first kappa shape index (κ1) is 28.2. The number of methoxy groups -OCH3 is 1. The van der Waals surface area contributed by atoms with E-state index in [1.165, 1.54) is 15.5 Å². The molecule has 0 saturated carbocycles. The minimum atomic E-state index is -0.368. The number of aliphatic hydroxyl groups is 1. The van der Waals surface area contributed by atoms with Crippen molar-refractivity contribution in [2.45, 2.75) is 45.4 Å². The monoisotopic (exact) mass is 597 g/mol.